The molecule has 2 aromatic rings. The minimum atomic E-state index is -3.23. The molecule has 1 heterocycles. The molecule has 6 heteroatoms. The molecule has 3 rings (SSSR count). The molecule has 1 atom stereocenters. The minimum absolute atomic E-state index is 0.119. The molecule has 142 valence electrons. The number of carbonyl (C=O) groups is 1. The van der Waals surface area contributed by atoms with Crippen molar-refractivity contribution >= 4 is 21.8 Å². The second-order valence-corrected chi connectivity index (χ2v) is 8.78. The van der Waals surface area contributed by atoms with Gasteiger partial charge in [0.1, 0.15) is 5.75 Å². The van der Waals surface area contributed by atoms with E-state index in [9.17, 15) is 13.2 Å². The molecule has 0 radical (unpaired) electrons. The van der Waals surface area contributed by atoms with E-state index in [1.165, 1.54) is 6.26 Å². The molecule has 0 bridgehead atoms. The zero-order valence-electron chi connectivity index (χ0n) is 15.7. The Hall–Kier alpha value is -2.60. The summed E-state index contributed by atoms with van der Waals surface area (Å²) in [6, 6.07) is 12.4. The highest BCUT2D eigenvalue weighted by Gasteiger charge is 2.17. The Balaban J connectivity index is 1.69. The van der Waals surface area contributed by atoms with Gasteiger partial charge >= 0.3 is 0 Å². The van der Waals surface area contributed by atoms with Gasteiger partial charge in [0.25, 0.3) is 0 Å². The van der Waals surface area contributed by atoms with E-state index in [-0.39, 0.29) is 16.8 Å². The van der Waals surface area contributed by atoms with Gasteiger partial charge in [0.15, 0.2) is 9.84 Å². The highest BCUT2D eigenvalue weighted by molar-refractivity contribution is 7.90. The monoisotopic (exact) mass is 385 g/mol. The molecule has 0 aromatic heterocycles. The minimum Gasteiger partial charge on any atom is -0.493 e. The molecule has 5 nitrogen and oxygen atoms in total. The van der Waals surface area contributed by atoms with Gasteiger partial charge in [0.2, 0.25) is 5.91 Å². The van der Waals surface area contributed by atoms with E-state index >= 15 is 0 Å². The zero-order valence-corrected chi connectivity index (χ0v) is 16.5. The smallest absolute Gasteiger partial charge is 0.246 e. The first-order valence-corrected chi connectivity index (χ1v) is 10.7. The van der Waals surface area contributed by atoms with E-state index in [0.29, 0.717) is 6.61 Å². The third-order valence-corrected chi connectivity index (χ3v) is 5.98. The summed E-state index contributed by atoms with van der Waals surface area (Å²) in [5, 5.41) is 0. The molecular formula is C21H23NO4S. The first-order chi connectivity index (χ1) is 12.8. The lowest BCUT2D eigenvalue weighted by Crippen LogP contribution is -2.28. The topological polar surface area (TPSA) is 63.7 Å². The molecule has 1 aliphatic rings. The van der Waals surface area contributed by atoms with E-state index in [1.807, 2.05) is 25.1 Å². The molecule has 1 amide bonds. The van der Waals surface area contributed by atoms with E-state index in [0.717, 1.165) is 28.9 Å². The quantitative estimate of drug-likeness (QED) is 0.741. The highest BCUT2D eigenvalue weighted by Crippen LogP contribution is 2.26. The average molecular weight is 385 g/mol. The van der Waals surface area contributed by atoms with Crippen LogP contribution in [0.5, 0.6) is 5.75 Å². The van der Waals surface area contributed by atoms with Crippen molar-refractivity contribution in [2.45, 2.75) is 24.3 Å². The molecule has 0 aliphatic carbocycles. The lowest BCUT2D eigenvalue weighted by molar-refractivity contribution is -0.126. The SMILES string of the molecule is CC(c1ccc(S(C)(=O)=O)cc1)N(C)C(=O)/C=C/c1ccc2c(c1)CCO2. The van der Waals surface area contributed by atoms with Crippen molar-refractivity contribution in [3.05, 3.63) is 65.2 Å². The van der Waals surface area contributed by atoms with Gasteiger partial charge < -0.3 is 9.64 Å². The summed E-state index contributed by atoms with van der Waals surface area (Å²) >= 11 is 0. The third kappa shape index (κ3) is 4.39. The van der Waals surface area contributed by atoms with Gasteiger partial charge in [-0.25, -0.2) is 8.42 Å². The summed E-state index contributed by atoms with van der Waals surface area (Å²) in [4.78, 5) is 14.4. The molecule has 1 unspecified atom stereocenters. The second kappa shape index (κ2) is 7.56. The summed E-state index contributed by atoms with van der Waals surface area (Å²) in [6.45, 7) is 2.62. The Morgan fingerprint density at radius 2 is 1.89 bits per heavy atom. The van der Waals surface area contributed by atoms with Crippen molar-refractivity contribution in [3.8, 4) is 5.75 Å². The Morgan fingerprint density at radius 3 is 2.56 bits per heavy atom. The number of nitrogens with zero attached hydrogens (tertiary/aromatic N) is 1. The summed E-state index contributed by atoms with van der Waals surface area (Å²) in [5.41, 5.74) is 3.00. The fourth-order valence-electron chi connectivity index (χ4n) is 3.00. The Labute approximate surface area is 160 Å². The Bertz CT molecular complexity index is 978. The van der Waals surface area contributed by atoms with Gasteiger partial charge in [0.05, 0.1) is 17.5 Å². The van der Waals surface area contributed by atoms with Crippen molar-refractivity contribution in [1.29, 1.82) is 0 Å². The fourth-order valence-corrected chi connectivity index (χ4v) is 3.63. The molecule has 1 aliphatic heterocycles. The summed E-state index contributed by atoms with van der Waals surface area (Å²) in [5.74, 6) is 0.799. The first-order valence-electron chi connectivity index (χ1n) is 8.76. The van der Waals surface area contributed by atoms with Crippen LogP contribution >= 0.6 is 0 Å². The van der Waals surface area contributed by atoms with Crippen LogP contribution in [0.3, 0.4) is 0 Å². The number of sulfone groups is 1. The second-order valence-electron chi connectivity index (χ2n) is 6.77. The fraction of sp³-hybridized carbons (Fsp3) is 0.286. The maximum absolute atomic E-state index is 12.5. The molecular weight excluding hydrogens is 362 g/mol. The van der Waals surface area contributed by atoms with Crippen molar-refractivity contribution < 1.29 is 17.9 Å². The van der Waals surface area contributed by atoms with E-state index in [4.69, 9.17) is 4.74 Å². The number of likely N-dealkylation sites (N-methyl/N-ethyl adjacent to an activating group) is 1. The Morgan fingerprint density at radius 1 is 1.19 bits per heavy atom. The van der Waals surface area contributed by atoms with Crippen LogP contribution in [0.2, 0.25) is 0 Å². The number of fused-ring (bicyclic) bond motifs is 1. The van der Waals surface area contributed by atoms with Gasteiger partial charge in [-0.3, -0.25) is 4.79 Å². The normalized spacial score (nSPS) is 14.6. The van der Waals surface area contributed by atoms with Crippen molar-refractivity contribution in [2.75, 3.05) is 19.9 Å². The Kier molecular flexibility index (Phi) is 5.37. The van der Waals surface area contributed by atoms with Crippen molar-refractivity contribution in [3.63, 3.8) is 0 Å². The number of benzene rings is 2. The number of hydrogen-bond acceptors (Lipinski definition) is 4. The summed E-state index contributed by atoms with van der Waals surface area (Å²) < 4.78 is 28.6. The van der Waals surface area contributed by atoms with Crippen LogP contribution < -0.4 is 4.74 Å². The van der Waals surface area contributed by atoms with Gasteiger partial charge in [-0.1, -0.05) is 18.2 Å². The average Bonchev–Trinajstić information content (AvgIpc) is 3.12. The van der Waals surface area contributed by atoms with E-state index in [2.05, 4.69) is 0 Å². The van der Waals surface area contributed by atoms with Gasteiger partial charge in [-0.2, -0.15) is 0 Å². The number of ether oxygens (including phenoxy) is 1. The van der Waals surface area contributed by atoms with Crippen LogP contribution in [0.15, 0.2) is 53.4 Å². The standard InChI is InChI=1S/C21H23NO4S/c1-15(17-6-8-19(9-7-17)27(3,24)25)22(2)21(23)11-5-16-4-10-20-18(14-16)12-13-26-20/h4-11,14-15H,12-13H2,1-3H3/b11-5+. The van der Waals surface area contributed by atoms with Crippen molar-refractivity contribution in [1.82, 2.24) is 4.90 Å². The lowest BCUT2D eigenvalue weighted by Gasteiger charge is -2.24. The van der Waals surface area contributed by atoms with Crippen LogP contribution in [0.4, 0.5) is 0 Å². The third-order valence-electron chi connectivity index (χ3n) is 4.85. The number of carbonyl (C=O) groups excluding carboxylic acids is 1. The van der Waals surface area contributed by atoms with Crippen LogP contribution in [0.25, 0.3) is 6.08 Å². The molecule has 0 saturated carbocycles. The largest absolute Gasteiger partial charge is 0.493 e. The van der Waals surface area contributed by atoms with Crippen LogP contribution in [-0.4, -0.2) is 39.1 Å². The molecule has 0 saturated heterocycles. The van der Waals surface area contributed by atoms with Crippen molar-refractivity contribution in [2.24, 2.45) is 0 Å². The molecule has 27 heavy (non-hydrogen) atoms. The van der Waals surface area contributed by atoms with E-state index < -0.39 is 9.84 Å². The molecule has 0 fully saturated rings. The molecule has 2 aromatic carbocycles. The van der Waals surface area contributed by atoms with Crippen LogP contribution in [0.1, 0.15) is 29.7 Å². The lowest BCUT2D eigenvalue weighted by atomic mass is 10.1. The zero-order chi connectivity index (χ0) is 19.6. The van der Waals surface area contributed by atoms with Crippen LogP contribution in [0, 0.1) is 0 Å². The summed E-state index contributed by atoms with van der Waals surface area (Å²) in [6.07, 6.45) is 5.43. The number of amides is 1. The predicted molar refractivity (Wildman–Crippen MR) is 105 cm³/mol. The maximum atomic E-state index is 12.5. The van der Waals surface area contributed by atoms with Gasteiger partial charge in [-0.05, 0) is 54.0 Å². The van der Waals surface area contributed by atoms with Gasteiger partial charge in [0, 0.05) is 25.8 Å². The molecule has 0 N–H and O–H groups in total. The molecule has 0 spiro atoms. The number of rotatable bonds is 5. The maximum Gasteiger partial charge on any atom is 0.246 e. The van der Waals surface area contributed by atoms with Crippen LogP contribution in [-0.2, 0) is 21.1 Å². The number of hydrogen-bond donors (Lipinski definition) is 0. The van der Waals surface area contributed by atoms with Gasteiger partial charge in [-0.15, -0.1) is 0 Å². The predicted octanol–water partition coefficient (Wildman–Crippen LogP) is 3.26. The first kappa shape index (κ1) is 19.2. The van der Waals surface area contributed by atoms with E-state index in [1.54, 1.807) is 48.4 Å². The summed E-state index contributed by atoms with van der Waals surface area (Å²) in [7, 11) is -1.49. The highest BCUT2D eigenvalue weighted by atomic mass is 32.2.